The SMILES string of the molecule is CC(C)(C)N(CCCn1cc(Nc2ncc3cnn(Cc4cccc(N5CCOCC5)c4)c3n2)cn1)C(=O)O. The van der Waals surface area contributed by atoms with Crippen LogP contribution >= 0.6 is 0 Å². The van der Waals surface area contributed by atoms with Crippen molar-refractivity contribution in [2.75, 3.05) is 43.1 Å². The van der Waals surface area contributed by atoms with Gasteiger partial charge < -0.3 is 25.0 Å². The Balaban J connectivity index is 1.23. The number of aryl methyl sites for hydroxylation is 1. The molecule has 206 valence electrons. The van der Waals surface area contributed by atoms with Gasteiger partial charge in [-0.2, -0.15) is 15.2 Å². The van der Waals surface area contributed by atoms with Crippen molar-refractivity contribution in [2.45, 2.75) is 45.8 Å². The second-order valence-electron chi connectivity index (χ2n) is 10.6. The van der Waals surface area contributed by atoms with E-state index < -0.39 is 11.6 Å². The van der Waals surface area contributed by atoms with Crippen LogP contribution in [-0.4, -0.2) is 84.0 Å². The van der Waals surface area contributed by atoms with Crippen molar-refractivity contribution in [3.05, 3.63) is 54.6 Å². The fourth-order valence-electron chi connectivity index (χ4n) is 4.68. The van der Waals surface area contributed by atoms with E-state index in [1.165, 1.54) is 10.6 Å². The van der Waals surface area contributed by atoms with Crippen LogP contribution in [-0.2, 0) is 17.8 Å². The maximum Gasteiger partial charge on any atom is 0.407 e. The van der Waals surface area contributed by atoms with Crippen LogP contribution in [0.2, 0.25) is 0 Å². The molecule has 1 amide bonds. The number of carboxylic acid groups (broad SMARTS) is 1. The molecule has 0 unspecified atom stereocenters. The van der Waals surface area contributed by atoms with Crippen LogP contribution in [0.5, 0.6) is 0 Å². The quantitative estimate of drug-likeness (QED) is 0.330. The number of aromatic nitrogens is 6. The summed E-state index contributed by atoms with van der Waals surface area (Å²) < 4.78 is 9.15. The van der Waals surface area contributed by atoms with E-state index in [4.69, 9.17) is 9.72 Å². The molecule has 12 nitrogen and oxygen atoms in total. The lowest BCUT2D eigenvalue weighted by Gasteiger charge is -2.33. The van der Waals surface area contributed by atoms with Gasteiger partial charge in [0.15, 0.2) is 5.65 Å². The number of benzene rings is 1. The second kappa shape index (κ2) is 11.3. The van der Waals surface area contributed by atoms with Crippen molar-refractivity contribution in [1.82, 2.24) is 34.4 Å². The molecule has 1 aliphatic heterocycles. The van der Waals surface area contributed by atoms with Gasteiger partial charge in [0.25, 0.3) is 0 Å². The summed E-state index contributed by atoms with van der Waals surface area (Å²) in [5, 5.41) is 22.5. The van der Waals surface area contributed by atoms with E-state index in [1.807, 2.05) is 31.6 Å². The van der Waals surface area contributed by atoms with Gasteiger partial charge in [0, 0.05) is 49.8 Å². The predicted octanol–water partition coefficient (Wildman–Crippen LogP) is 3.82. The first-order valence-electron chi connectivity index (χ1n) is 13.2. The molecule has 3 aromatic heterocycles. The highest BCUT2D eigenvalue weighted by molar-refractivity contribution is 5.75. The standard InChI is InChI=1S/C27H35N9O3/c1-27(2,3)35(26(37)38)9-5-8-34-19-22(17-29-34)31-25-28-15-21-16-30-36(24(21)32-25)18-20-6-4-7-23(14-20)33-10-12-39-13-11-33/h4,6-7,14-17,19H,5,8-13,18H2,1-3H3,(H,37,38)(H,28,31,32). The highest BCUT2D eigenvalue weighted by Crippen LogP contribution is 2.21. The molecule has 0 atom stereocenters. The number of amides is 1. The van der Waals surface area contributed by atoms with Crippen molar-refractivity contribution >= 4 is 34.4 Å². The third-order valence-electron chi connectivity index (χ3n) is 6.69. The van der Waals surface area contributed by atoms with Crippen LogP contribution in [0.25, 0.3) is 11.0 Å². The minimum atomic E-state index is -0.915. The lowest BCUT2D eigenvalue weighted by molar-refractivity contribution is 0.0984. The number of rotatable bonds is 9. The van der Waals surface area contributed by atoms with Crippen molar-refractivity contribution in [2.24, 2.45) is 0 Å². The summed E-state index contributed by atoms with van der Waals surface area (Å²) in [7, 11) is 0. The van der Waals surface area contributed by atoms with E-state index in [0.29, 0.717) is 32.0 Å². The van der Waals surface area contributed by atoms with Gasteiger partial charge in [0.2, 0.25) is 5.95 Å². The fourth-order valence-corrected chi connectivity index (χ4v) is 4.68. The second-order valence-corrected chi connectivity index (χ2v) is 10.6. The minimum Gasteiger partial charge on any atom is -0.465 e. The maximum atomic E-state index is 11.5. The van der Waals surface area contributed by atoms with Gasteiger partial charge in [-0.25, -0.2) is 14.5 Å². The van der Waals surface area contributed by atoms with Gasteiger partial charge in [-0.1, -0.05) is 12.1 Å². The first kappa shape index (κ1) is 26.4. The molecule has 5 rings (SSSR count). The molecule has 0 spiro atoms. The van der Waals surface area contributed by atoms with Gasteiger partial charge in [-0.15, -0.1) is 0 Å². The molecule has 4 aromatic rings. The first-order chi connectivity index (χ1) is 18.8. The summed E-state index contributed by atoms with van der Waals surface area (Å²) in [4.78, 5) is 24.5. The van der Waals surface area contributed by atoms with Gasteiger partial charge in [-0.3, -0.25) is 4.68 Å². The van der Waals surface area contributed by atoms with Crippen molar-refractivity contribution in [3.8, 4) is 0 Å². The van der Waals surface area contributed by atoms with E-state index in [2.05, 4.69) is 49.7 Å². The number of ether oxygens (including phenoxy) is 1. The number of nitrogens with zero attached hydrogens (tertiary/aromatic N) is 8. The highest BCUT2D eigenvalue weighted by Gasteiger charge is 2.25. The normalized spacial score (nSPS) is 14.1. The molecular formula is C27H35N9O3. The monoisotopic (exact) mass is 533 g/mol. The van der Waals surface area contributed by atoms with Crippen LogP contribution in [0.4, 0.5) is 22.1 Å². The third-order valence-corrected chi connectivity index (χ3v) is 6.69. The van der Waals surface area contributed by atoms with Gasteiger partial charge in [-0.05, 0) is 44.9 Å². The van der Waals surface area contributed by atoms with Crippen LogP contribution < -0.4 is 10.2 Å². The van der Waals surface area contributed by atoms with E-state index in [1.54, 1.807) is 23.3 Å². The number of hydrogen-bond donors (Lipinski definition) is 2. The molecular weight excluding hydrogens is 498 g/mol. The number of morpholine rings is 1. The van der Waals surface area contributed by atoms with E-state index in [9.17, 15) is 9.90 Å². The average molecular weight is 534 g/mol. The summed E-state index contributed by atoms with van der Waals surface area (Å²) in [6, 6.07) is 8.51. The molecule has 1 fully saturated rings. The largest absolute Gasteiger partial charge is 0.465 e. The summed E-state index contributed by atoms with van der Waals surface area (Å²) in [6.45, 7) is 10.6. The molecule has 2 N–H and O–H groups in total. The molecule has 0 radical (unpaired) electrons. The van der Waals surface area contributed by atoms with Crippen molar-refractivity contribution in [3.63, 3.8) is 0 Å². The average Bonchev–Trinajstić information content (AvgIpc) is 3.53. The molecule has 12 heteroatoms. The highest BCUT2D eigenvalue weighted by atomic mass is 16.5. The zero-order valence-electron chi connectivity index (χ0n) is 22.6. The van der Waals surface area contributed by atoms with Gasteiger partial charge in [0.1, 0.15) is 0 Å². The molecule has 0 bridgehead atoms. The predicted molar refractivity (Wildman–Crippen MR) is 149 cm³/mol. The van der Waals surface area contributed by atoms with Crippen molar-refractivity contribution in [1.29, 1.82) is 0 Å². The first-order valence-corrected chi connectivity index (χ1v) is 13.2. The van der Waals surface area contributed by atoms with Crippen LogP contribution in [0.1, 0.15) is 32.8 Å². The Morgan fingerprint density at radius 1 is 1.15 bits per heavy atom. The van der Waals surface area contributed by atoms with Gasteiger partial charge in [0.05, 0.1) is 43.2 Å². The Morgan fingerprint density at radius 2 is 1.97 bits per heavy atom. The third kappa shape index (κ3) is 6.45. The topological polar surface area (TPSA) is 126 Å². The molecule has 1 aliphatic rings. The number of carbonyl (C=O) groups is 1. The maximum absolute atomic E-state index is 11.5. The lowest BCUT2D eigenvalue weighted by Crippen LogP contribution is -2.45. The number of anilines is 3. The summed E-state index contributed by atoms with van der Waals surface area (Å²) in [5.41, 5.74) is 3.38. The summed E-state index contributed by atoms with van der Waals surface area (Å²) in [5.74, 6) is 0.454. The van der Waals surface area contributed by atoms with Gasteiger partial charge >= 0.3 is 6.09 Å². The van der Waals surface area contributed by atoms with E-state index >= 15 is 0 Å². The molecule has 4 heterocycles. The lowest BCUT2D eigenvalue weighted by atomic mass is 10.1. The Hall–Kier alpha value is -4.19. The minimum absolute atomic E-state index is 0.431. The Morgan fingerprint density at radius 3 is 2.74 bits per heavy atom. The molecule has 0 saturated carbocycles. The number of hydrogen-bond acceptors (Lipinski definition) is 8. The van der Waals surface area contributed by atoms with Crippen LogP contribution in [0, 0.1) is 0 Å². The van der Waals surface area contributed by atoms with Crippen LogP contribution in [0.15, 0.2) is 49.1 Å². The Labute approximate surface area is 227 Å². The zero-order valence-corrected chi connectivity index (χ0v) is 22.6. The molecule has 1 aromatic carbocycles. The Bertz CT molecular complexity index is 1420. The van der Waals surface area contributed by atoms with E-state index in [0.717, 1.165) is 48.6 Å². The fraction of sp³-hybridized carbons (Fsp3) is 0.444. The smallest absolute Gasteiger partial charge is 0.407 e. The number of nitrogens with one attached hydrogen (secondary N) is 1. The Kier molecular flexibility index (Phi) is 7.64. The zero-order chi connectivity index (χ0) is 27.4. The summed E-state index contributed by atoms with van der Waals surface area (Å²) in [6.07, 6.45) is 6.85. The number of fused-ring (bicyclic) bond motifs is 1. The van der Waals surface area contributed by atoms with Crippen molar-refractivity contribution < 1.29 is 14.6 Å². The molecule has 0 aliphatic carbocycles. The van der Waals surface area contributed by atoms with E-state index in [-0.39, 0.29) is 0 Å². The summed E-state index contributed by atoms with van der Waals surface area (Å²) >= 11 is 0. The molecule has 39 heavy (non-hydrogen) atoms. The molecule has 1 saturated heterocycles. The van der Waals surface area contributed by atoms with Crippen LogP contribution in [0.3, 0.4) is 0 Å².